The second-order valence-electron chi connectivity index (χ2n) is 6.00. The van der Waals surface area contributed by atoms with Crippen LogP contribution in [0.1, 0.15) is 42.9 Å². The van der Waals surface area contributed by atoms with E-state index in [1.807, 2.05) is 6.92 Å². The van der Waals surface area contributed by atoms with Gasteiger partial charge in [-0.15, -0.1) is 0 Å². The predicted octanol–water partition coefficient (Wildman–Crippen LogP) is 2.64. The first-order valence-electron chi connectivity index (χ1n) is 7.19. The van der Waals surface area contributed by atoms with E-state index in [-0.39, 0.29) is 0 Å². The summed E-state index contributed by atoms with van der Waals surface area (Å²) in [6, 6.07) is 3.27. The van der Waals surface area contributed by atoms with Crippen molar-refractivity contribution in [3.63, 3.8) is 0 Å². The molecule has 0 spiro atoms. The van der Waals surface area contributed by atoms with Crippen LogP contribution in [0, 0.1) is 19.8 Å². The summed E-state index contributed by atoms with van der Waals surface area (Å²) >= 11 is 0. The standard InChI is InChI=1S/C15H24N2O/c1-10-8-14(12(3)18-10)11(2)16-15-5-7-17-6-4-13(15)9-17/h8,11,13,15-16H,4-7,9H2,1-3H3. The van der Waals surface area contributed by atoms with E-state index < -0.39 is 0 Å². The molecule has 1 aromatic rings. The molecular formula is C15H24N2O. The molecule has 0 amide bonds. The third kappa shape index (κ3) is 2.21. The SMILES string of the molecule is Cc1cc(C(C)NC2CCN3CCC2C3)c(C)o1. The van der Waals surface area contributed by atoms with Crippen molar-refractivity contribution in [2.24, 2.45) is 5.92 Å². The Morgan fingerprint density at radius 3 is 2.83 bits per heavy atom. The summed E-state index contributed by atoms with van der Waals surface area (Å²) in [7, 11) is 0. The van der Waals surface area contributed by atoms with Crippen LogP contribution >= 0.6 is 0 Å². The molecule has 3 heterocycles. The van der Waals surface area contributed by atoms with Gasteiger partial charge < -0.3 is 14.6 Å². The molecule has 100 valence electrons. The first kappa shape index (κ1) is 12.2. The quantitative estimate of drug-likeness (QED) is 0.891. The van der Waals surface area contributed by atoms with Gasteiger partial charge in [0.1, 0.15) is 11.5 Å². The molecular weight excluding hydrogens is 224 g/mol. The van der Waals surface area contributed by atoms with E-state index in [0.29, 0.717) is 12.1 Å². The lowest BCUT2D eigenvalue weighted by atomic mass is 9.93. The molecule has 4 atom stereocenters. The molecule has 2 aliphatic heterocycles. The molecule has 2 aliphatic rings. The zero-order chi connectivity index (χ0) is 12.7. The number of fused-ring (bicyclic) bond motifs is 2. The molecule has 18 heavy (non-hydrogen) atoms. The lowest BCUT2D eigenvalue weighted by Gasteiger charge is -2.33. The average Bonchev–Trinajstić information content (AvgIpc) is 2.87. The van der Waals surface area contributed by atoms with Crippen molar-refractivity contribution in [3.8, 4) is 0 Å². The fourth-order valence-electron chi connectivity index (χ4n) is 3.66. The third-order valence-electron chi connectivity index (χ3n) is 4.64. The van der Waals surface area contributed by atoms with Crippen LogP contribution in [0.2, 0.25) is 0 Å². The monoisotopic (exact) mass is 248 g/mol. The molecule has 3 rings (SSSR count). The minimum absolute atomic E-state index is 0.402. The second-order valence-corrected chi connectivity index (χ2v) is 6.00. The van der Waals surface area contributed by atoms with Gasteiger partial charge in [0.05, 0.1) is 0 Å². The van der Waals surface area contributed by atoms with Gasteiger partial charge in [0.25, 0.3) is 0 Å². The van der Waals surface area contributed by atoms with Crippen molar-refractivity contribution in [2.75, 3.05) is 19.6 Å². The van der Waals surface area contributed by atoms with Crippen molar-refractivity contribution >= 4 is 0 Å². The first-order chi connectivity index (χ1) is 8.63. The number of nitrogens with one attached hydrogen (secondary N) is 1. The molecule has 2 saturated heterocycles. The van der Waals surface area contributed by atoms with E-state index in [4.69, 9.17) is 4.42 Å². The number of nitrogens with zero attached hydrogens (tertiary/aromatic N) is 1. The van der Waals surface area contributed by atoms with Gasteiger partial charge in [-0.2, -0.15) is 0 Å². The van der Waals surface area contributed by atoms with Crippen molar-refractivity contribution in [1.29, 1.82) is 0 Å². The minimum Gasteiger partial charge on any atom is -0.466 e. The van der Waals surface area contributed by atoms with Gasteiger partial charge in [0.2, 0.25) is 0 Å². The van der Waals surface area contributed by atoms with Gasteiger partial charge in [-0.3, -0.25) is 0 Å². The lowest BCUT2D eigenvalue weighted by molar-refractivity contribution is 0.212. The summed E-state index contributed by atoms with van der Waals surface area (Å²) in [5.41, 5.74) is 1.33. The van der Waals surface area contributed by atoms with Crippen LogP contribution in [0.4, 0.5) is 0 Å². The van der Waals surface area contributed by atoms with Gasteiger partial charge in [-0.1, -0.05) is 0 Å². The van der Waals surface area contributed by atoms with Gasteiger partial charge in [-0.25, -0.2) is 0 Å². The van der Waals surface area contributed by atoms with Gasteiger partial charge in [0.15, 0.2) is 0 Å². The zero-order valence-corrected chi connectivity index (χ0v) is 11.7. The van der Waals surface area contributed by atoms with E-state index in [9.17, 15) is 0 Å². The number of hydrogen-bond donors (Lipinski definition) is 1. The molecule has 1 aromatic heterocycles. The van der Waals surface area contributed by atoms with Crippen LogP contribution < -0.4 is 5.32 Å². The smallest absolute Gasteiger partial charge is 0.105 e. The highest BCUT2D eigenvalue weighted by Gasteiger charge is 2.34. The number of hydrogen-bond acceptors (Lipinski definition) is 3. The molecule has 0 radical (unpaired) electrons. The molecule has 0 saturated carbocycles. The molecule has 3 heteroatoms. The Bertz CT molecular complexity index is 426. The molecule has 2 fully saturated rings. The Morgan fingerprint density at radius 1 is 1.33 bits per heavy atom. The summed E-state index contributed by atoms with van der Waals surface area (Å²) in [6.07, 6.45) is 2.67. The van der Waals surface area contributed by atoms with E-state index in [2.05, 4.69) is 30.1 Å². The summed E-state index contributed by atoms with van der Waals surface area (Å²) in [5, 5.41) is 3.83. The molecule has 4 unspecified atom stereocenters. The van der Waals surface area contributed by atoms with Gasteiger partial charge in [-0.05, 0) is 58.7 Å². The van der Waals surface area contributed by atoms with Crippen molar-refractivity contribution in [2.45, 2.75) is 45.7 Å². The van der Waals surface area contributed by atoms with Crippen molar-refractivity contribution < 1.29 is 4.42 Å². The van der Waals surface area contributed by atoms with Crippen molar-refractivity contribution in [3.05, 3.63) is 23.2 Å². The minimum atomic E-state index is 0.402. The Kier molecular flexibility index (Phi) is 3.20. The Labute approximate surface area is 110 Å². The summed E-state index contributed by atoms with van der Waals surface area (Å²) in [6.45, 7) is 10.2. The number of furan rings is 1. The molecule has 0 aliphatic carbocycles. The summed E-state index contributed by atoms with van der Waals surface area (Å²) in [4.78, 5) is 2.60. The fourth-order valence-corrected chi connectivity index (χ4v) is 3.66. The molecule has 2 bridgehead atoms. The van der Waals surface area contributed by atoms with Crippen LogP contribution in [0.25, 0.3) is 0 Å². The summed E-state index contributed by atoms with van der Waals surface area (Å²) in [5.74, 6) is 2.94. The highest BCUT2D eigenvalue weighted by atomic mass is 16.3. The number of aryl methyl sites for hydroxylation is 2. The maximum absolute atomic E-state index is 5.64. The van der Waals surface area contributed by atoms with Crippen LogP contribution in [-0.2, 0) is 0 Å². The van der Waals surface area contributed by atoms with E-state index >= 15 is 0 Å². The largest absolute Gasteiger partial charge is 0.466 e. The molecule has 0 aromatic carbocycles. The highest BCUT2D eigenvalue weighted by molar-refractivity contribution is 5.23. The number of rotatable bonds is 3. The van der Waals surface area contributed by atoms with Crippen LogP contribution in [-0.4, -0.2) is 30.6 Å². The Balaban J connectivity index is 1.67. The fraction of sp³-hybridized carbons (Fsp3) is 0.733. The van der Waals surface area contributed by atoms with E-state index in [0.717, 1.165) is 17.4 Å². The van der Waals surface area contributed by atoms with E-state index in [1.165, 1.54) is 38.0 Å². The molecule has 3 nitrogen and oxygen atoms in total. The lowest BCUT2D eigenvalue weighted by Crippen LogP contribution is -2.44. The van der Waals surface area contributed by atoms with Gasteiger partial charge >= 0.3 is 0 Å². The van der Waals surface area contributed by atoms with Crippen LogP contribution in [0.15, 0.2) is 10.5 Å². The highest BCUT2D eigenvalue weighted by Crippen LogP contribution is 2.30. The van der Waals surface area contributed by atoms with Gasteiger partial charge in [0, 0.05) is 24.2 Å². The maximum Gasteiger partial charge on any atom is 0.105 e. The van der Waals surface area contributed by atoms with Crippen molar-refractivity contribution in [1.82, 2.24) is 10.2 Å². The van der Waals surface area contributed by atoms with E-state index in [1.54, 1.807) is 0 Å². The number of piperidine rings is 1. The molecule has 1 N–H and O–H groups in total. The zero-order valence-electron chi connectivity index (χ0n) is 11.7. The Hall–Kier alpha value is -0.800. The topological polar surface area (TPSA) is 28.4 Å². The van der Waals surface area contributed by atoms with Crippen LogP contribution in [0.5, 0.6) is 0 Å². The predicted molar refractivity (Wildman–Crippen MR) is 72.7 cm³/mol. The normalized spacial score (nSPS) is 32.7. The second kappa shape index (κ2) is 4.71. The van der Waals surface area contributed by atoms with Crippen LogP contribution in [0.3, 0.4) is 0 Å². The Morgan fingerprint density at radius 2 is 2.11 bits per heavy atom. The maximum atomic E-state index is 5.64. The summed E-state index contributed by atoms with van der Waals surface area (Å²) < 4.78 is 5.64. The third-order valence-corrected chi connectivity index (χ3v) is 4.64. The first-order valence-corrected chi connectivity index (χ1v) is 7.19. The average molecular weight is 248 g/mol.